The molecule has 9 heteroatoms. The van der Waals surface area contributed by atoms with Crippen molar-refractivity contribution in [2.24, 2.45) is 0 Å². The minimum Gasteiger partial charge on any atom is -0.454 e. The van der Waals surface area contributed by atoms with Crippen molar-refractivity contribution in [1.29, 1.82) is 0 Å². The van der Waals surface area contributed by atoms with E-state index in [0.29, 0.717) is 24.1 Å². The summed E-state index contributed by atoms with van der Waals surface area (Å²) in [6.45, 7) is -0.513. The first-order chi connectivity index (χ1) is 12.8. The molecule has 0 bridgehead atoms. The number of nitro benzene ring substituents is 1. The summed E-state index contributed by atoms with van der Waals surface area (Å²) in [5, 5.41) is 13.5. The molecule has 2 aromatic rings. The number of carbonyl (C=O) groups excluding carboxylic acids is 3. The van der Waals surface area contributed by atoms with Gasteiger partial charge in [-0.2, -0.15) is 0 Å². The first-order valence-electron chi connectivity index (χ1n) is 7.92. The van der Waals surface area contributed by atoms with E-state index in [9.17, 15) is 24.5 Å². The lowest BCUT2D eigenvalue weighted by molar-refractivity contribution is -0.384. The maximum atomic E-state index is 12.3. The molecule has 0 spiro atoms. The Bertz CT molecular complexity index is 972. The number of hydrogen-bond acceptors (Lipinski definition) is 6. The summed E-state index contributed by atoms with van der Waals surface area (Å²) < 4.78 is 4.96. The molecule has 1 heterocycles. The Kier molecular flexibility index (Phi) is 5.18. The molecule has 0 atom stereocenters. The molecule has 0 fully saturated rings. The Labute approximate surface area is 158 Å². The Morgan fingerprint density at radius 2 is 1.89 bits per heavy atom. The lowest BCUT2D eigenvalue weighted by Crippen LogP contribution is -2.20. The summed E-state index contributed by atoms with van der Waals surface area (Å²) in [4.78, 5) is 45.8. The molecule has 1 aliphatic rings. The number of anilines is 1. The van der Waals surface area contributed by atoms with Gasteiger partial charge < -0.3 is 10.1 Å². The van der Waals surface area contributed by atoms with Crippen molar-refractivity contribution in [3.05, 3.63) is 68.2 Å². The second-order valence-corrected chi connectivity index (χ2v) is 6.25. The molecule has 0 radical (unpaired) electrons. The number of Topliss-reactive ketones (excluding diaryl/α,β-unsaturated/α-hetero) is 1. The predicted octanol–water partition coefficient (Wildman–Crippen LogP) is 3.17. The van der Waals surface area contributed by atoms with Gasteiger partial charge >= 0.3 is 5.97 Å². The third-order valence-corrected chi connectivity index (χ3v) is 4.36. The Hall–Kier alpha value is -3.26. The number of fused-ring (bicyclic) bond motifs is 1. The number of ether oxygens (including phenoxy) is 1. The van der Waals surface area contributed by atoms with Gasteiger partial charge in [-0.1, -0.05) is 11.6 Å². The minimum absolute atomic E-state index is 0.0763. The lowest BCUT2D eigenvalue weighted by Gasteiger charge is -2.17. The van der Waals surface area contributed by atoms with Gasteiger partial charge in [0.2, 0.25) is 5.91 Å². The smallest absolute Gasteiger partial charge is 0.338 e. The van der Waals surface area contributed by atoms with Crippen LogP contribution in [0.4, 0.5) is 11.4 Å². The summed E-state index contributed by atoms with van der Waals surface area (Å²) >= 11 is 5.70. The van der Waals surface area contributed by atoms with Crippen molar-refractivity contribution in [3.63, 3.8) is 0 Å². The molecule has 0 unspecified atom stereocenters. The average molecular weight is 389 g/mol. The number of benzene rings is 2. The minimum atomic E-state index is -0.867. The monoisotopic (exact) mass is 388 g/mol. The number of aryl methyl sites for hydroxylation is 1. The van der Waals surface area contributed by atoms with E-state index in [-0.39, 0.29) is 16.5 Å². The number of nitro groups is 1. The van der Waals surface area contributed by atoms with Crippen molar-refractivity contribution in [2.75, 3.05) is 11.9 Å². The van der Waals surface area contributed by atoms with Crippen molar-refractivity contribution >= 4 is 40.6 Å². The maximum Gasteiger partial charge on any atom is 0.338 e. The highest BCUT2D eigenvalue weighted by Crippen LogP contribution is 2.26. The third-order valence-electron chi connectivity index (χ3n) is 4.04. The van der Waals surface area contributed by atoms with Crippen LogP contribution in [0.3, 0.4) is 0 Å². The van der Waals surface area contributed by atoms with Crippen LogP contribution in [0.2, 0.25) is 5.02 Å². The van der Waals surface area contributed by atoms with Crippen LogP contribution in [0.5, 0.6) is 0 Å². The predicted molar refractivity (Wildman–Crippen MR) is 96.1 cm³/mol. The fraction of sp³-hybridized carbons (Fsp3) is 0.167. The van der Waals surface area contributed by atoms with Gasteiger partial charge in [0.15, 0.2) is 12.4 Å². The number of hydrogen-bond donors (Lipinski definition) is 1. The van der Waals surface area contributed by atoms with Gasteiger partial charge in [0.25, 0.3) is 5.69 Å². The normalized spacial score (nSPS) is 12.7. The number of halogens is 1. The van der Waals surface area contributed by atoms with Gasteiger partial charge in [-0.25, -0.2) is 4.79 Å². The molecule has 0 saturated heterocycles. The van der Waals surface area contributed by atoms with Crippen LogP contribution in [0.1, 0.15) is 32.7 Å². The zero-order chi connectivity index (χ0) is 19.6. The number of nitrogens with zero attached hydrogens (tertiary/aromatic N) is 1. The zero-order valence-corrected chi connectivity index (χ0v) is 14.6. The Balaban J connectivity index is 1.67. The number of nitrogens with one attached hydrogen (secondary N) is 1. The van der Waals surface area contributed by atoms with E-state index in [1.54, 1.807) is 12.1 Å². The molecule has 138 valence electrons. The van der Waals surface area contributed by atoms with Gasteiger partial charge in [0.05, 0.1) is 10.5 Å². The standard InChI is InChI=1S/C18H13ClN2O6/c19-13-4-1-12(8-15(13)21(25)26)18(24)27-9-16(22)11-2-5-14-10(7-11)3-6-17(23)20-14/h1-2,4-5,7-8H,3,6,9H2,(H,20,23). The van der Waals surface area contributed by atoms with E-state index in [2.05, 4.69) is 5.32 Å². The Morgan fingerprint density at radius 3 is 2.63 bits per heavy atom. The topological polar surface area (TPSA) is 116 Å². The van der Waals surface area contributed by atoms with Crippen LogP contribution in [0.15, 0.2) is 36.4 Å². The SMILES string of the molecule is O=C1CCc2cc(C(=O)COC(=O)c3ccc(Cl)c([N+](=O)[O-])c3)ccc2N1. The van der Waals surface area contributed by atoms with Crippen LogP contribution < -0.4 is 5.32 Å². The molecule has 0 saturated carbocycles. The summed E-state index contributed by atoms with van der Waals surface area (Å²) in [6.07, 6.45) is 0.867. The van der Waals surface area contributed by atoms with Crippen molar-refractivity contribution < 1.29 is 24.0 Å². The average Bonchev–Trinajstić information content (AvgIpc) is 2.65. The lowest BCUT2D eigenvalue weighted by atomic mass is 9.99. The molecule has 27 heavy (non-hydrogen) atoms. The molecule has 3 rings (SSSR count). The fourth-order valence-corrected chi connectivity index (χ4v) is 2.82. The van der Waals surface area contributed by atoms with Crippen LogP contribution in [-0.4, -0.2) is 29.2 Å². The summed E-state index contributed by atoms with van der Waals surface area (Å²) in [6, 6.07) is 8.31. The fourth-order valence-electron chi connectivity index (χ4n) is 2.63. The molecule has 1 N–H and O–H groups in total. The number of amides is 1. The summed E-state index contributed by atoms with van der Waals surface area (Å²) in [7, 11) is 0. The van der Waals surface area contributed by atoms with E-state index in [0.717, 1.165) is 11.6 Å². The number of carbonyl (C=O) groups is 3. The zero-order valence-electron chi connectivity index (χ0n) is 13.9. The number of rotatable bonds is 5. The summed E-state index contributed by atoms with van der Waals surface area (Å²) in [5.41, 5.74) is 1.34. The Morgan fingerprint density at radius 1 is 1.15 bits per heavy atom. The second-order valence-electron chi connectivity index (χ2n) is 5.84. The van der Waals surface area contributed by atoms with Crippen LogP contribution in [-0.2, 0) is 16.0 Å². The van der Waals surface area contributed by atoms with E-state index >= 15 is 0 Å². The number of esters is 1. The molecule has 2 aromatic carbocycles. The molecule has 1 aliphatic heterocycles. The van der Waals surface area contributed by atoms with Gasteiger partial charge in [0.1, 0.15) is 5.02 Å². The first-order valence-corrected chi connectivity index (χ1v) is 8.30. The van der Waals surface area contributed by atoms with Gasteiger partial charge in [-0.15, -0.1) is 0 Å². The van der Waals surface area contributed by atoms with E-state index in [4.69, 9.17) is 16.3 Å². The molecule has 0 aliphatic carbocycles. The highest BCUT2D eigenvalue weighted by atomic mass is 35.5. The van der Waals surface area contributed by atoms with Crippen molar-refractivity contribution in [1.82, 2.24) is 0 Å². The molecule has 0 aromatic heterocycles. The van der Waals surface area contributed by atoms with Crippen LogP contribution >= 0.6 is 11.6 Å². The third kappa shape index (κ3) is 4.12. The largest absolute Gasteiger partial charge is 0.454 e. The van der Waals surface area contributed by atoms with Crippen molar-refractivity contribution in [3.8, 4) is 0 Å². The molecule has 8 nitrogen and oxygen atoms in total. The first kappa shape index (κ1) is 18.5. The summed E-state index contributed by atoms with van der Waals surface area (Å²) in [5.74, 6) is -1.37. The van der Waals surface area contributed by atoms with Gasteiger partial charge in [-0.3, -0.25) is 19.7 Å². The van der Waals surface area contributed by atoms with E-state index in [1.165, 1.54) is 18.2 Å². The number of ketones is 1. The highest BCUT2D eigenvalue weighted by Gasteiger charge is 2.20. The molecular formula is C18H13ClN2O6. The maximum absolute atomic E-state index is 12.3. The van der Waals surface area contributed by atoms with Gasteiger partial charge in [-0.05, 0) is 42.3 Å². The van der Waals surface area contributed by atoms with Crippen LogP contribution in [0.25, 0.3) is 0 Å². The molecular weight excluding hydrogens is 376 g/mol. The highest BCUT2D eigenvalue weighted by molar-refractivity contribution is 6.32. The quantitative estimate of drug-likeness (QED) is 0.364. The van der Waals surface area contributed by atoms with Crippen LogP contribution in [0, 0.1) is 10.1 Å². The van der Waals surface area contributed by atoms with E-state index in [1.807, 2.05) is 0 Å². The van der Waals surface area contributed by atoms with Gasteiger partial charge in [0, 0.05) is 23.7 Å². The second kappa shape index (κ2) is 7.55. The molecule has 1 amide bonds. The van der Waals surface area contributed by atoms with E-state index < -0.39 is 29.0 Å². The van der Waals surface area contributed by atoms with Crippen molar-refractivity contribution in [2.45, 2.75) is 12.8 Å².